The number of carboxylic acids is 1. The van der Waals surface area contributed by atoms with Gasteiger partial charge in [0.2, 0.25) is 0 Å². The second-order valence-corrected chi connectivity index (χ2v) is 13.3. The Kier molecular flexibility index (Phi) is 13.3. The molecule has 0 amide bonds. The number of esters is 2. The van der Waals surface area contributed by atoms with Gasteiger partial charge in [0.25, 0.3) is 0 Å². The van der Waals surface area contributed by atoms with Gasteiger partial charge in [0.1, 0.15) is 15.9 Å². The molecule has 3 heterocycles. The molecule has 0 spiro atoms. The first-order chi connectivity index (χ1) is 21.9. The maximum absolute atomic E-state index is 12.3. The van der Waals surface area contributed by atoms with Gasteiger partial charge in [0.15, 0.2) is 34.9 Å². The number of fused-ring (bicyclic) bond motifs is 3. The Morgan fingerprint density at radius 1 is 0.830 bits per heavy atom. The molecule has 47 heavy (non-hydrogen) atoms. The normalized spacial score (nSPS) is 20.3. The van der Waals surface area contributed by atoms with Gasteiger partial charge in [0, 0.05) is 22.8 Å². The minimum atomic E-state index is -0.891. The van der Waals surface area contributed by atoms with E-state index < -0.39 is 11.9 Å². The SMILES string of the molecule is COc1cc2c(cc1OC)S[C+]=C2.COc1cc2cc(C(=O)C3CC3C(=O)O)sc2cc1OC.C[C-](C)C.O=C1OC(=O)C2CC12.[Li+]. The van der Waals surface area contributed by atoms with E-state index in [1.807, 2.05) is 30.3 Å². The summed E-state index contributed by atoms with van der Waals surface area (Å²) in [4.78, 5) is 45.7. The van der Waals surface area contributed by atoms with Gasteiger partial charge in [-0.05, 0) is 30.4 Å². The topological polar surface area (TPSA) is 135 Å². The maximum atomic E-state index is 12.3. The van der Waals surface area contributed by atoms with E-state index in [1.165, 1.54) is 17.3 Å². The predicted octanol–water partition coefficient (Wildman–Crippen LogP) is 3.74. The van der Waals surface area contributed by atoms with E-state index in [0.717, 1.165) is 38.5 Å². The van der Waals surface area contributed by atoms with Crippen LogP contribution in [0.5, 0.6) is 23.0 Å². The summed E-state index contributed by atoms with van der Waals surface area (Å²) in [5.74, 6) is 1.56. The van der Waals surface area contributed by atoms with E-state index in [0.29, 0.717) is 22.8 Å². The molecule has 7 rings (SSSR count). The van der Waals surface area contributed by atoms with E-state index >= 15 is 0 Å². The van der Waals surface area contributed by atoms with Gasteiger partial charge < -0.3 is 34.7 Å². The van der Waals surface area contributed by atoms with Crippen LogP contribution < -0.4 is 37.8 Å². The number of ether oxygens (including phenoxy) is 5. The number of carbonyl (C=O) groups is 4. The van der Waals surface area contributed by atoms with Gasteiger partial charge >= 0.3 is 36.8 Å². The van der Waals surface area contributed by atoms with Crippen molar-refractivity contribution in [1.82, 2.24) is 0 Å². The minimum Gasteiger partial charge on any atom is -0.493 e. The Morgan fingerprint density at radius 2 is 1.36 bits per heavy atom. The largest absolute Gasteiger partial charge is 1.00 e. The minimum absolute atomic E-state index is 0. The molecular weight excluding hydrogens is 639 g/mol. The van der Waals surface area contributed by atoms with Crippen molar-refractivity contribution < 1.29 is 66.8 Å². The number of ketones is 1. The van der Waals surface area contributed by atoms with Crippen LogP contribution in [-0.2, 0) is 19.1 Å². The Balaban J connectivity index is 0.000000196. The number of hydrogen-bond donors (Lipinski definition) is 1. The number of aliphatic carboxylic acids is 1. The number of thiophene rings is 1. The first kappa shape index (κ1) is 37.9. The number of hydrogen-bond acceptors (Lipinski definition) is 11. The van der Waals surface area contributed by atoms with Crippen molar-refractivity contribution in [3.05, 3.63) is 52.1 Å². The first-order valence-electron chi connectivity index (χ1n) is 14.4. The number of methoxy groups -OCH3 is 4. The van der Waals surface area contributed by atoms with E-state index in [-0.39, 0.29) is 54.3 Å². The molecule has 2 aliphatic heterocycles. The van der Waals surface area contributed by atoms with Crippen molar-refractivity contribution in [2.75, 3.05) is 28.4 Å². The maximum Gasteiger partial charge on any atom is 1.00 e. The molecule has 2 saturated carbocycles. The summed E-state index contributed by atoms with van der Waals surface area (Å²) in [6, 6.07) is 9.37. The smallest absolute Gasteiger partial charge is 0.493 e. The van der Waals surface area contributed by atoms with Gasteiger partial charge in [0.05, 0.1) is 68.9 Å². The number of benzene rings is 2. The Labute approximate surface area is 294 Å². The third-order valence-electron chi connectivity index (χ3n) is 7.21. The molecule has 0 radical (unpaired) electrons. The van der Waals surface area contributed by atoms with Crippen LogP contribution in [0.1, 0.15) is 48.8 Å². The van der Waals surface area contributed by atoms with E-state index in [1.54, 1.807) is 46.3 Å². The number of carboxylic acid groups (broad SMARTS) is 1. The molecule has 3 aromatic rings. The van der Waals surface area contributed by atoms with Crippen LogP contribution in [0.3, 0.4) is 0 Å². The van der Waals surface area contributed by atoms with Crippen molar-refractivity contribution in [3.63, 3.8) is 0 Å². The van der Waals surface area contributed by atoms with Crippen LogP contribution in [0, 0.1) is 35.0 Å². The fourth-order valence-corrected chi connectivity index (χ4v) is 6.42. The Bertz CT molecular complexity index is 1600. The summed E-state index contributed by atoms with van der Waals surface area (Å²) in [6.45, 7) is 6.25. The van der Waals surface area contributed by atoms with Crippen molar-refractivity contribution in [3.8, 4) is 23.0 Å². The summed E-state index contributed by atoms with van der Waals surface area (Å²) in [5.41, 5.74) is 1.14. The second-order valence-electron chi connectivity index (χ2n) is 11.3. The second kappa shape index (κ2) is 16.5. The number of carbonyl (C=O) groups excluding carboxylic acids is 3. The zero-order valence-corrected chi connectivity index (χ0v) is 29.3. The van der Waals surface area contributed by atoms with Crippen LogP contribution in [0.2, 0.25) is 0 Å². The third-order valence-corrected chi connectivity index (χ3v) is 9.13. The zero-order valence-electron chi connectivity index (χ0n) is 27.6. The van der Waals surface area contributed by atoms with Crippen molar-refractivity contribution >= 4 is 63.0 Å². The van der Waals surface area contributed by atoms with E-state index in [4.69, 9.17) is 24.1 Å². The summed E-state index contributed by atoms with van der Waals surface area (Å²) >= 11 is 2.93. The van der Waals surface area contributed by atoms with Gasteiger partial charge in [-0.15, -0.1) is 11.3 Å². The summed E-state index contributed by atoms with van der Waals surface area (Å²) in [6.07, 6.45) is 3.12. The Hall–Kier alpha value is -3.52. The molecule has 3 fully saturated rings. The molecule has 13 heteroatoms. The van der Waals surface area contributed by atoms with Crippen LogP contribution in [0.4, 0.5) is 0 Å². The number of rotatable bonds is 7. The molecule has 244 valence electrons. The van der Waals surface area contributed by atoms with Crippen LogP contribution in [0.15, 0.2) is 35.2 Å². The first-order valence-corrected chi connectivity index (χ1v) is 16.0. The molecule has 4 aliphatic rings. The molecule has 4 atom stereocenters. The molecular formula is C34H36LiO10S2+. The summed E-state index contributed by atoms with van der Waals surface area (Å²) in [5, 5.41) is 12.9. The average molecular weight is 676 g/mol. The quantitative estimate of drug-likeness (QED) is 0.129. The molecule has 1 aromatic heterocycles. The number of cyclic esters (lactones) is 2. The van der Waals surface area contributed by atoms with Crippen LogP contribution in [-0.4, -0.2) is 57.2 Å². The van der Waals surface area contributed by atoms with Crippen LogP contribution in [0.25, 0.3) is 16.2 Å². The van der Waals surface area contributed by atoms with Crippen LogP contribution >= 0.6 is 23.1 Å². The molecule has 2 aromatic carbocycles. The molecule has 4 unspecified atom stereocenters. The van der Waals surface area contributed by atoms with E-state index in [9.17, 15) is 19.2 Å². The number of thioether (sulfide) groups is 1. The Morgan fingerprint density at radius 3 is 1.83 bits per heavy atom. The van der Waals surface area contributed by atoms with Gasteiger partial charge in [-0.3, -0.25) is 19.2 Å². The molecule has 0 bridgehead atoms. The summed E-state index contributed by atoms with van der Waals surface area (Å²) < 4.78 is 26.0. The van der Waals surface area contributed by atoms with Gasteiger partial charge in [-0.1, -0.05) is 0 Å². The van der Waals surface area contributed by atoms with Gasteiger partial charge in [-0.2, -0.15) is 20.8 Å². The van der Waals surface area contributed by atoms with Crippen molar-refractivity contribution in [2.24, 2.45) is 23.7 Å². The van der Waals surface area contributed by atoms with Gasteiger partial charge in [-0.25, -0.2) is 0 Å². The molecule has 1 saturated heterocycles. The number of Topliss-reactive ketones (excluding diaryl/α,β-unsaturated/α-hetero) is 1. The molecule has 2 aliphatic carbocycles. The third kappa shape index (κ3) is 9.31. The average Bonchev–Trinajstić information content (AvgIpc) is 3.90. The molecule has 10 nitrogen and oxygen atoms in total. The van der Waals surface area contributed by atoms with Crippen molar-refractivity contribution in [2.45, 2.75) is 38.5 Å². The summed E-state index contributed by atoms with van der Waals surface area (Å²) in [7, 11) is 6.40. The standard InChI is InChI=1S/C15H14O5S.C10H9O2S.C5H4O3.C4H9.Li/c1-19-10-3-7-4-13(21-12(7)6-11(10)20-2)14(16)8-5-9(8)15(17)18;1-11-8-5-7-3-4-13-10(7)6-9(8)12-2;6-4-2-1-3(2)5(7)8-4;1-4(2)3;/h3-4,6,8-9H,5H2,1-2H3,(H,17,18);3,5-6H,1-2H3;2-3H,1H2;1-3H3;/q;+1;;-1;+1. The fraction of sp³-hybridized carbons (Fsp3) is 0.382. The van der Waals surface area contributed by atoms with Crippen molar-refractivity contribution in [1.29, 1.82) is 0 Å². The fourth-order valence-electron chi connectivity index (χ4n) is 4.63. The molecule has 1 N–H and O–H groups in total. The monoisotopic (exact) mass is 675 g/mol. The predicted molar refractivity (Wildman–Crippen MR) is 175 cm³/mol. The zero-order chi connectivity index (χ0) is 33.7. The van der Waals surface area contributed by atoms with E-state index in [2.05, 4.69) is 30.9 Å².